The van der Waals surface area contributed by atoms with Gasteiger partial charge in [0.25, 0.3) is 0 Å². The molecule has 0 aliphatic carbocycles. The van der Waals surface area contributed by atoms with Crippen molar-refractivity contribution in [2.45, 2.75) is 34.3 Å². The van der Waals surface area contributed by atoms with Crippen LogP contribution in [0.1, 0.15) is 36.2 Å². The second kappa shape index (κ2) is 7.93. The fraction of sp³-hybridized carbons (Fsp3) is 0.217. The summed E-state index contributed by atoms with van der Waals surface area (Å²) in [5.74, 6) is 0.738. The van der Waals surface area contributed by atoms with Crippen molar-refractivity contribution in [1.82, 2.24) is 9.97 Å². The maximum atomic E-state index is 6.28. The Bertz CT molecular complexity index is 1030. The standard InChI is InChI=1S/C23H23ClN2O/c1-6-17(14(2)3)19-10-16(5)26-23-18(19)8-7-9-22(23)27-13-20-15(4)11-25-12-21(20)24/h6-12H,2,13H2,1,3-5H3/b17-6+. The molecule has 0 spiro atoms. The maximum absolute atomic E-state index is 6.28. The van der Waals surface area contributed by atoms with Gasteiger partial charge < -0.3 is 4.74 Å². The molecule has 0 unspecified atom stereocenters. The van der Waals surface area contributed by atoms with Gasteiger partial charge in [-0.3, -0.25) is 4.98 Å². The summed E-state index contributed by atoms with van der Waals surface area (Å²) in [6.07, 6.45) is 5.52. The van der Waals surface area contributed by atoms with E-state index in [4.69, 9.17) is 21.3 Å². The largest absolute Gasteiger partial charge is 0.487 e. The molecule has 4 heteroatoms. The number of fused-ring (bicyclic) bond motifs is 1. The fourth-order valence-electron chi connectivity index (χ4n) is 3.21. The summed E-state index contributed by atoms with van der Waals surface area (Å²) in [6.45, 7) is 12.5. The first kappa shape index (κ1) is 19.1. The number of pyridine rings is 2. The van der Waals surface area contributed by atoms with E-state index in [1.807, 2.05) is 39.8 Å². The topological polar surface area (TPSA) is 35.0 Å². The minimum Gasteiger partial charge on any atom is -0.487 e. The molecule has 0 fully saturated rings. The lowest BCUT2D eigenvalue weighted by Crippen LogP contribution is -2.01. The number of halogens is 1. The van der Waals surface area contributed by atoms with Crippen molar-refractivity contribution in [2.75, 3.05) is 0 Å². The van der Waals surface area contributed by atoms with Crippen molar-refractivity contribution >= 4 is 28.1 Å². The molecule has 0 saturated carbocycles. The molecule has 0 N–H and O–H groups in total. The summed E-state index contributed by atoms with van der Waals surface area (Å²) in [7, 11) is 0. The Morgan fingerprint density at radius 2 is 2.04 bits per heavy atom. The molecule has 0 radical (unpaired) electrons. The highest BCUT2D eigenvalue weighted by atomic mass is 35.5. The van der Waals surface area contributed by atoms with Crippen LogP contribution >= 0.6 is 11.6 Å². The van der Waals surface area contributed by atoms with Gasteiger partial charge >= 0.3 is 0 Å². The minimum absolute atomic E-state index is 0.369. The molecule has 3 aromatic rings. The summed E-state index contributed by atoms with van der Waals surface area (Å²) in [5.41, 5.74) is 6.99. The molecule has 138 valence electrons. The van der Waals surface area contributed by atoms with Gasteiger partial charge in [0.2, 0.25) is 0 Å². The van der Waals surface area contributed by atoms with Crippen LogP contribution < -0.4 is 4.74 Å². The summed E-state index contributed by atoms with van der Waals surface area (Å²) >= 11 is 6.28. The molecule has 0 amide bonds. The molecule has 0 atom stereocenters. The molecule has 3 nitrogen and oxygen atoms in total. The van der Waals surface area contributed by atoms with E-state index in [9.17, 15) is 0 Å². The molecule has 27 heavy (non-hydrogen) atoms. The molecule has 0 saturated heterocycles. The average Bonchev–Trinajstić information content (AvgIpc) is 2.61. The van der Waals surface area contributed by atoms with E-state index in [0.29, 0.717) is 11.6 Å². The predicted molar refractivity (Wildman–Crippen MR) is 113 cm³/mol. The molecule has 0 aliphatic rings. The van der Waals surface area contributed by atoms with Crippen molar-refractivity contribution in [3.05, 3.63) is 82.3 Å². The highest BCUT2D eigenvalue weighted by Gasteiger charge is 2.13. The SMILES string of the molecule is C=C(C)/C(=C\C)c1cc(C)nc2c(OCc3c(C)cncc3Cl)cccc12. The number of aryl methyl sites for hydroxylation is 2. The van der Waals surface area contributed by atoms with Crippen LogP contribution in [0.3, 0.4) is 0 Å². The van der Waals surface area contributed by atoms with Gasteiger partial charge in [-0.05, 0) is 56.5 Å². The first-order valence-electron chi connectivity index (χ1n) is 8.87. The lowest BCUT2D eigenvalue weighted by molar-refractivity contribution is 0.308. The van der Waals surface area contributed by atoms with Gasteiger partial charge in [0.1, 0.15) is 17.9 Å². The number of aromatic nitrogens is 2. The second-order valence-corrected chi connectivity index (χ2v) is 7.06. The first-order chi connectivity index (χ1) is 12.9. The number of para-hydroxylation sites is 1. The van der Waals surface area contributed by atoms with E-state index >= 15 is 0 Å². The van der Waals surface area contributed by atoms with Gasteiger partial charge in [-0.2, -0.15) is 0 Å². The maximum Gasteiger partial charge on any atom is 0.146 e. The van der Waals surface area contributed by atoms with Crippen LogP contribution in [0.5, 0.6) is 5.75 Å². The number of ether oxygens (including phenoxy) is 1. The zero-order valence-corrected chi connectivity index (χ0v) is 16.9. The average molecular weight is 379 g/mol. The van der Waals surface area contributed by atoms with Crippen molar-refractivity contribution in [2.24, 2.45) is 0 Å². The van der Waals surface area contributed by atoms with E-state index in [1.165, 1.54) is 0 Å². The summed E-state index contributed by atoms with van der Waals surface area (Å²) < 4.78 is 6.13. The van der Waals surface area contributed by atoms with E-state index in [2.05, 4.69) is 29.8 Å². The van der Waals surface area contributed by atoms with Gasteiger partial charge in [-0.15, -0.1) is 0 Å². The van der Waals surface area contributed by atoms with E-state index in [-0.39, 0.29) is 0 Å². The number of allylic oxidation sites excluding steroid dienone is 3. The zero-order chi connectivity index (χ0) is 19.6. The number of nitrogens with zero attached hydrogens (tertiary/aromatic N) is 2. The Morgan fingerprint density at radius 1 is 1.26 bits per heavy atom. The third-order valence-electron chi connectivity index (χ3n) is 4.56. The predicted octanol–water partition coefficient (Wildman–Crippen LogP) is 6.46. The summed E-state index contributed by atoms with van der Waals surface area (Å²) in [5, 5.41) is 1.66. The van der Waals surface area contributed by atoms with Crippen LogP contribution in [0.4, 0.5) is 0 Å². The second-order valence-electron chi connectivity index (χ2n) is 6.65. The minimum atomic E-state index is 0.369. The Labute approximate surface area is 165 Å². The summed E-state index contributed by atoms with van der Waals surface area (Å²) in [4.78, 5) is 8.85. The van der Waals surface area contributed by atoms with Crippen LogP contribution in [-0.4, -0.2) is 9.97 Å². The summed E-state index contributed by atoms with van der Waals surface area (Å²) in [6, 6.07) is 8.10. The molecule has 3 rings (SSSR count). The van der Waals surface area contributed by atoms with Crippen molar-refractivity contribution in [1.29, 1.82) is 0 Å². The molecular formula is C23H23ClN2O. The van der Waals surface area contributed by atoms with E-state index in [0.717, 1.165) is 50.2 Å². The number of hydrogen-bond acceptors (Lipinski definition) is 3. The van der Waals surface area contributed by atoms with Gasteiger partial charge in [0.05, 0.1) is 5.02 Å². The number of rotatable bonds is 5. The monoisotopic (exact) mass is 378 g/mol. The molecule has 2 aromatic heterocycles. The van der Waals surface area contributed by atoms with Crippen LogP contribution in [0.25, 0.3) is 16.5 Å². The van der Waals surface area contributed by atoms with Gasteiger partial charge in [-0.25, -0.2) is 4.98 Å². The van der Waals surface area contributed by atoms with E-state index in [1.54, 1.807) is 12.4 Å². The van der Waals surface area contributed by atoms with Crippen LogP contribution in [0.15, 0.2) is 54.9 Å². The van der Waals surface area contributed by atoms with Crippen molar-refractivity contribution in [3.8, 4) is 5.75 Å². The van der Waals surface area contributed by atoms with Gasteiger partial charge in [0.15, 0.2) is 0 Å². The smallest absolute Gasteiger partial charge is 0.146 e. The molecule has 2 heterocycles. The lowest BCUT2D eigenvalue weighted by atomic mass is 9.95. The molecule has 1 aromatic carbocycles. The highest BCUT2D eigenvalue weighted by molar-refractivity contribution is 6.31. The number of hydrogen-bond donors (Lipinski definition) is 0. The third kappa shape index (κ3) is 3.88. The fourth-order valence-corrected chi connectivity index (χ4v) is 3.47. The molecule has 0 bridgehead atoms. The first-order valence-corrected chi connectivity index (χ1v) is 9.25. The van der Waals surface area contributed by atoms with Gasteiger partial charge in [0, 0.05) is 29.0 Å². The van der Waals surface area contributed by atoms with Crippen LogP contribution in [0.2, 0.25) is 5.02 Å². The van der Waals surface area contributed by atoms with Crippen LogP contribution in [0, 0.1) is 13.8 Å². The van der Waals surface area contributed by atoms with Gasteiger partial charge in [-0.1, -0.05) is 42.0 Å². The van der Waals surface area contributed by atoms with Crippen LogP contribution in [-0.2, 0) is 6.61 Å². The lowest BCUT2D eigenvalue weighted by Gasteiger charge is -2.15. The molecular weight excluding hydrogens is 356 g/mol. The highest BCUT2D eigenvalue weighted by Crippen LogP contribution is 2.33. The normalized spacial score (nSPS) is 11.7. The number of benzene rings is 1. The Morgan fingerprint density at radius 3 is 2.70 bits per heavy atom. The Kier molecular flexibility index (Phi) is 5.62. The van der Waals surface area contributed by atoms with Crippen molar-refractivity contribution < 1.29 is 4.74 Å². The van der Waals surface area contributed by atoms with Crippen molar-refractivity contribution in [3.63, 3.8) is 0 Å². The van der Waals surface area contributed by atoms with E-state index < -0.39 is 0 Å². The third-order valence-corrected chi connectivity index (χ3v) is 4.89. The Hall–Kier alpha value is -2.65. The Balaban J connectivity index is 2.08. The quantitative estimate of drug-likeness (QED) is 0.478. The molecule has 0 aliphatic heterocycles. The zero-order valence-electron chi connectivity index (χ0n) is 16.1.